The number of para-hydroxylation sites is 1. The van der Waals surface area contributed by atoms with Crippen LogP contribution in [0.3, 0.4) is 0 Å². The Labute approximate surface area is 109 Å². The summed E-state index contributed by atoms with van der Waals surface area (Å²) >= 11 is 0. The Balaban J connectivity index is 2.34. The van der Waals surface area contributed by atoms with Gasteiger partial charge in [0.1, 0.15) is 0 Å². The molecule has 0 bridgehead atoms. The zero-order chi connectivity index (χ0) is 13.1. The first kappa shape index (κ1) is 12.5. The summed E-state index contributed by atoms with van der Waals surface area (Å²) in [4.78, 5) is 0. The average Bonchev–Trinajstić information content (AvgIpc) is 2.27. The van der Waals surface area contributed by atoms with Crippen LogP contribution in [0.1, 0.15) is 30.9 Å². The van der Waals surface area contributed by atoms with E-state index in [1.54, 1.807) is 0 Å². The molecule has 0 saturated carbocycles. The minimum Gasteiger partial charge on any atom is -0.399 e. The van der Waals surface area contributed by atoms with Crippen molar-refractivity contribution in [2.24, 2.45) is 0 Å². The number of benzene rings is 2. The van der Waals surface area contributed by atoms with Gasteiger partial charge in [0.2, 0.25) is 0 Å². The molecule has 2 aromatic carbocycles. The summed E-state index contributed by atoms with van der Waals surface area (Å²) in [6, 6.07) is 14.4. The largest absolute Gasteiger partial charge is 0.399 e. The van der Waals surface area contributed by atoms with E-state index in [0.717, 1.165) is 17.1 Å². The summed E-state index contributed by atoms with van der Waals surface area (Å²) in [6.45, 7) is 6.45. The first-order valence-electron chi connectivity index (χ1n) is 6.29. The van der Waals surface area contributed by atoms with Gasteiger partial charge in [-0.2, -0.15) is 0 Å². The number of anilines is 3. The second-order valence-corrected chi connectivity index (χ2v) is 5.00. The highest BCUT2D eigenvalue weighted by Gasteiger charge is 2.06. The van der Waals surface area contributed by atoms with Gasteiger partial charge in [-0.05, 0) is 48.2 Å². The summed E-state index contributed by atoms with van der Waals surface area (Å²) < 4.78 is 0. The van der Waals surface area contributed by atoms with Crippen molar-refractivity contribution in [3.8, 4) is 0 Å². The van der Waals surface area contributed by atoms with Crippen molar-refractivity contribution >= 4 is 17.1 Å². The first-order valence-corrected chi connectivity index (χ1v) is 6.29. The Morgan fingerprint density at radius 2 is 1.78 bits per heavy atom. The zero-order valence-electron chi connectivity index (χ0n) is 11.2. The SMILES string of the molecule is Cc1cc(N)cc(Nc2ccccc2C(C)C)c1. The van der Waals surface area contributed by atoms with Gasteiger partial charge in [0.15, 0.2) is 0 Å². The number of hydrogen-bond acceptors (Lipinski definition) is 2. The number of nitrogens with two attached hydrogens (primary N) is 1. The maximum atomic E-state index is 5.87. The van der Waals surface area contributed by atoms with E-state index in [-0.39, 0.29) is 0 Å². The molecule has 0 fully saturated rings. The predicted molar refractivity (Wildman–Crippen MR) is 79.4 cm³/mol. The Bertz CT molecular complexity index is 524. The fourth-order valence-electron chi connectivity index (χ4n) is 2.15. The topological polar surface area (TPSA) is 38.0 Å². The van der Waals surface area contributed by atoms with Crippen LogP contribution in [0.25, 0.3) is 0 Å². The highest BCUT2D eigenvalue weighted by molar-refractivity contribution is 5.67. The van der Waals surface area contributed by atoms with Crippen LogP contribution in [-0.4, -0.2) is 0 Å². The number of hydrogen-bond donors (Lipinski definition) is 2. The Hall–Kier alpha value is -1.96. The molecule has 0 aliphatic heterocycles. The van der Waals surface area contributed by atoms with E-state index < -0.39 is 0 Å². The summed E-state index contributed by atoms with van der Waals surface area (Å²) in [5.41, 5.74) is 11.3. The van der Waals surface area contributed by atoms with E-state index in [9.17, 15) is 0 Å². The zero-order valence-corrected chi connectivity index (χ0v) is 11.2. The van der Waals surface area contributed by atoms with Crippen LogP contribution in [0.5, 0.6) is 0 Å². The van der Waals surface area contributed by atoms with Crippen molar-refractivity contribution in [1.82, 2.24) is 0 Å². The van der Waals surface area contributed by atoms with Crippen LogP contribution < -0.4 is 11.1 Å². The molecule has 3 N–H and O–H groups in total. The molecule has 2 aromatic rings. The standard InChI is InChI=1S/C16H20N2/c1-11(2)15-6-4-5-7-16(15)18-14-9-12(3)8-13(17)10-14/h4-11,18H,17H2,1-3H3. The van der Waals surface area contributed by atoms with E-state index in [1.165, 1.54) is 11.1 Å². The third kappa shape index (κ3) is 2.83. The Kier molecular flexibility index (Phi) is 3.56. The van der Waals surface area contributed by atoms with Crippen LogP contribution in [-0.2, 0) is 0 Å². The molecular weight excluding hydrogens is 220 g/mol. The van der Waals surface area contributed by atoms with Crippen LogP contribution >= 0.6 is 0 Å². The lowest BCUT2D eigenvalue weighted by atomic mass is 10.0. The maximum absolute atomic E-state index is 5.87. The van der Waals surface area contributed by atoms with Crippen molar-refractivity contribution in [3.05, 3.63) is 53.6 Å². The fraction of sp³-hybridized carbons (Fsp3) is 0.250. The highest BCUT2D eigenvalue weighted by Crippen LogP contribution is 2.28. The molecule has 0 aromatic heterocycles. The average molecular weight is 240 g/mol. The molecule has 0 atom stereocenters. The van der Waals surface area contributed by atoms with Crippen molar-refractivity contribution in [2.75, 3.05) is 11.1 Å². The van der Waals surface area contributed by atoms with Crippen molar-refractivity contribution in [2.45, 2.75) is 26.7 Å². The van der Waals surface area contributed by atoms with Gasteiger partial charge in [-0.15, -0.1) is 0 Å². The molecule has 2 rings (SSSR count). The second-order valence-electron chi connectivity index (χ2n) is 5.00. The van der Waals surface area contributed by atoms with Crippen molar-refractivity contribution in [3.63, 3.8) is 0 Å². The lowest BCUT2D eigenvalue weighted by molar-refractivity contribution is 0.869. The number of aryl methyl sites for hydroxylation is 1. The predicted octanol–water partition coefficient (Wildman–Crippen LogP) is 4.44. The summed E-state index contributed by atoms with van der Waals surface area (Å²) in [7, 11) is 0. The van der Waals surface area contributed by atoms with E-state index in [2.05, 4.69) is 50.4 Å². The molecule has 94 valence electrons. The maximum Gasteiger partial charge on any atom is 0.0419 e. The molecule has 0 saturated heterocycles. The number of nitrogen functional groups attached to an aromatic ring is 1. The molecule has 2 heteroatoms. The van der Waals surface area contributed by atoms with Crippen molar-refractivity contribution < 1.29 is 0 Å². The minimum absolute atomic E-state index is 0.496. The third-order valence-electron chi connectivity index (χ3n) is 2.96. The summed E-state index contributed by atoms with van der Waals surface area (Å²) in [5, 5.41) is 3.46. The fourth-order valence-corrected chi connectivity index (χ4v) is 2.15. The quantitative estimate of drug-likeness (QED) is 0.778. The minimum atomic E-state index is 0.496. The second kappa shape index (κ2) is 5.13. The first-order chi connectivity index (χ1) is 8.56. The highest BCUT2D eigenvalue weighted by atomic mass is 14.9. The lowest BCUT2D eigenvalue weighted by Crippen LogP contribution is -1.98. The molecule has 0 aliphatic rings. The molecule has 0 aliphatic carbocycles. The molecule has 2 nitrogen and oxygen atoms in total. The Morgan fingerprint density at radius 3 is 2.44 bits per heavy atom. The third-order valence-corrected chi connectivity index (χ3v) is 2.96. The normalized spacial score (nSPS) is 10.7. The van der Waals surface area contributed by atoms with Gasteiger partial charge in [-0.1, -0.05) is 32.0 Å². The van der Waals surface area contributed by atoms with Crippen LogP contribution in [0.4, 0.5) is 17.1 Å². The van der Waals surface area contributed by atoms with Crippen LogP contribution in [0.15, 0.2) is 42.5 Å². The van der Waals surface area contributed by atoms with Crippen molar-refractivity contribution in [1.29, 1.82) is 0 Å². The smallest absolute Gasteiger partial charge is 0.0419 e. The van der Waals surface area contributed by atoms with Crippen LogP contribution in [0.2, 0.25) is 0 Å². The van der Waals surface area contributed by atoms with Gasteiger partial charge in [0, 0.05) is 17.1 Å². The molecule has 0 amide bonds. The molecule has 0 spiro atoms. The summed E-state index contributed by atoms with van der Waals surface area (Å²) in [6.07, 6.45) is 0. The van der Waals surface area contributed by atoms with Gasteiger partial charge in [0.25, 0.3) is 0 Å². The summed E-state index contributed by atoms with van der Waals surface area (Å²) in [5.74, 6) is 0.496. The van der Waals surface area contributed by atoms with Gasteiger partial charge in [-0.3, -0.25) is 0 Å². The molecule has 0 unspecified atom stereocenters. The molecule has 0 heterocycles. The molecule has 18 heavy (non-hydrogen) atoms. The van der Waals surface area contributed by atoms with E-state index >= 15 is 0 Å². The number of rotatable bonds is 3. The van der Waals surface area contributed by atoms with E-state index in [1.807, 2.05) is 18.2 Å². The van der Waals surface area contributed by atoms with Gasteiger partial charge in [-0.25, -0.2) is 0 Å². The number of nitrogens with one attached hydrogen (secondary N) is 1. The van der Waals surface area contributed by atoms with E-state index in [0.29, 0.717) is 5.92 Å². The van der Waals surface area contributed by atoms with Crippen LogP contribution in [0, 0.1) is 6.92 Å². The molecular formula is C16H20N2. The van der Waals surface area contributed by atoms with Gasteiger partial charge in [0.05, 0.1) is 0 Å². The molecule has 0 radical (unpaired) electrons. The van der Waals surface area contributed by atoms with Gasteiger partial charge >= 0.3 is 0 Å². The van der Waals surface area contributed by atoms with E-state index in [4.69, 9.17) is 5.73 Å². The Morgan fingerprint density at radius 1 is 1.06 bits per heavy atom. The monoisotopic (exact) mass is 240 g/mol. The lowest BCUT2D eigenvalue weighted by Gasteiger charge is -2.15. The van der Waals surface area contributed by atoms with Gasteiger partial charge < -0.3 is 11.1 Å².